The second-order valence-electron chi connectivity index (χ2n) is 8.40. The minimum absolute atomic E-state index is 0.0379. The number of nitrogens with zero attached hydrogens (tertiary/aromatic N) is 2. The van der Waals surface area contributed by atoms with Crippen LogP contribution in [0.15, 0.2) is 36.7 Å². The lowest BCUT2D eigenvalue weighted by atomic mass is 9.92. The highest BCUT2D eigenvalue weighted by atomic mass is 19.3. The summed E-state index contributed by atoms with van der Waals surface area (Å²) in [4.78, 5) is 17.3. The van der Waals surface area contributed by atoms with Gasteiger partial charge in [-0.15, -0.1) is 0 Å². The van der Waals surface area contributed by atoms with Crippen LogP contribution in [0.3, 0.4) is 0 Å². The zero-order chi connectivity index (χ0) is 22.9. The number of amides is 1. The summed E-state index contributed by atoms with van der Waals surface area (Å²) in [5, 5.41) is 2.81. The van der Waals surface area contributed by atoms with E-state index in [2.05, 4.69) is 16.4 Å². The van der Waals surface area contributed by atoms with Crippen molar-refractivity contribution >= 4 is 11.6 Å². The van der Waals surface area contributed by atoms with Gasteiger partial charge in [0, 0.05) is 31.0 Å². The van der Waals surface area contributed by atoms with Gasteiger partial charge >= 0.3 is 6.61 Å². The number of rotatable bonds is 7. The molecule has 2 fully saturated rings. The van der Waals surface area contributed by atoms with Crippen LogP contribution in [-0.2, 0) is 4.74 Å². The lowest BCUT2D eigenvalue weighted by molar-refractivity contribution is -0.0502. The molecule has 0 bridgehead atoms. The van der Waals surface area contributed by atoms with Gasteiger partial charge in [0.05, 0.1) is 19.0 Å². The van der Waals surface area contributed by atoms with Crippen LogP contribution >= 0.6 is 0 Å². The Bertz CT molecular complexity index is 1170. The van der Waals surface area contributed by atoms with Crippen molar-refractivity contribution in [2.45, 2.75) is 44.3 Å². The van der Waals surface area contributed by atoms with Gasteiger partial charge in [0.25, 0.3) is 5.91 Å². The number of aromatic nitrogens is 2. The summed E-state index contributed by atoms with van der Waals surface area (Å²) in [6.45, 7) is -1.58. The van der Waals surface area contributed by atoms with Gasteiger partial charge in [-0.1, -0.05) is 0 Å². The zero-order valence-electron chi connectivity index (χ0n) is 18.2. The average molecular weight is 457 g/mol. The molecule has 1 saturated heterocycles. The number of hydrogen-bond donors (Lipinski definition) is 1. The second kappa shape index (κ2) is 8.97. The number of imidazole rings is 1. The molecule has 5 rings (SSSR count). The molecular formula is C24H25F2N3O4. The van der Waals surface area contributed by atoms with E-state index in [1.54, 1.807) is 12.3 Å². The number of alkyl halides is 2. The number of pyridine rings is 1. The average Bonchev–Trinajstić information content (AvgIpc) is 3.53. The van der Waals surface area contributed by atoms with Crippen molar-refractivity contribution in [3.05, 3.63) is 47.8 Å². The van der Waals surface area contributed by atoms with E-state index < -0.39 is 12.5 Å². The predicted octanol–water partition coefficient (Wildman–Crippen LogP) is 4.40. The van der Waals surface area contributed by atoms with E-state index in [0.29, 0.717) is 17.2 Å². The van der Waals surface area contributed by atoms with E-state index in [0.717, 1.165) is 44.5 Å². The Labute approximate surface area is 189 Å². The van der Waals surface area contributed by atoms with Crippen molar-refractivity contribution in [3.63, 3.8) is 0 Å². The molecule has 1 N–H and O–H groups in total. The highest BCUT2D eigenvalue weighted by molar-refractivity contribution is 6.01. The van der Waals surface area contributed by atoms with Gasteiger partial charge in [0.15, 0.2) is 0 Å². The Morgan fingerprint density at radius 2 is 1.94 bits per heavy atom. The molecule has 2 aliphatic rings. The Hall–Kier alpha value is -3.20. The van der Waals surface area contributed by atoms with Crippen LogP contribution in [0.2, 0.25) is 0 Å². The first-order valence-electron chi connectivity index (χ1n) is 11.1. The SMILES string of the molecule is COc1cc(-c2cnc3cc(C4CCOCC4)ccn23)cc(OC(F)F)c1C(=O)NC1CC1. The summed E-state index contributed by atoms with van der Waals surface area (Å²) < 4.78 is 43.9. The van der Waals surface area contributed by atoms with Crippen molar-refractivity contribution in [2.24, 2.45) is 0 Å². The van der Waals surface area contributed by atoms with Crippen LogP contribution in [0.4, 0.5) is 8.78 Å². The first-order valence-corrected chi connectivity index (χ1v) is 11.1. The van der Waals surface area contributed by atoms with Crippen molar-refractivity contribution in [1.29, 1.82) is 0 Å². The van der Waals surface area contributed by atoms with Gasteiger partial charge in [-0.2, -0.15) is 8.78 Å². The summed E-state index contributed by atoms with van der Waals surface area (Å²) in [5.74, 6) is -0.128. The predicted molar refractivity (Wildman–Crippen MR) is 117 cm³/mol. The molecule has 0 spiro atoms. The number of hydrogen-bond acceptors (Lipinski definition) is 5. The van der Waals surface area contributed by atoms with Crippen LogP contribution in [0, 0.1) is 0 Å². The fourth-order valence-corrected chi connectivity index (χ4v) is 4.29. The fourth-order valence-electron chi connectivity index (χ4n) is 4.29. The van der Waals surface area contributed by atoms with Gasteiger partial charge < -0.3 is 19.5 Å². The maximum atomic E-state index is 13.2. The minimum Gasteiger partial charge on any atom is -0.496 e. The van der Waals surface area contributed by atoms with Crippen molar-refractivity contribution in [1.82, 2.24) is 14.7 Å². The van der Waals surface area contributed by atoms with Crippen LogP contribution in [-0.4, -0.2) is 48.3 Å². The summed E-state index contributed by atoms with van der Waals surface area (Å²) in [5.41, 5.74) is 3.14. The third kappa shape index (κ3) is 4.50. The van der Waals surface area contributed by atoms with E-state index in [-0.39, 0.29) is 23.1 Å². The van der Waals surface area contributed by atoms with Crippen molar-refractivity contribution < 1.29 is 27.8 Å². The molecule has 7 nitrogen and oxygen atoms in total. The summed E-state index contributed by atoms with van der Waals surface area (Å²) in [6.07, 6.45) is 7.28. The lowest BCUT2D eigenvalue weighted by Crippen LogP contribution is -2.26. The molecule has 0 unspecified atom stereocenters. The first-order chi connectivity index (χ1) is 16.0. The molecule has 1 aliphatic heterocycles. The van der Waals surface area contributed by atoms with E-state index >= 15 is 0 Å². The van der Waals surface area contributed by atoms with Crippen LogP contribution in [0.5, 0.6) is 11.5 Å². The molecule has 1 amide bonds. The molecule has 2 aromatic heterocycles. The minimum atomic E-state index is -3.08. The quantitative estimate of drug-likeness (QED) is 0.569. The molecule has 3 aromatic rings. The molecule has 1 aromatic carbocycles. The topological polar surface area (TPSA) is 74.1 Å². The van der Waals surface area contributed by atoms with E-state index in [1.807, 2.05) is 16.7 Å². The van der Waals surface area contributed by atoms with Crippen LogP contribution in [0.1, 0.15) is 47.5 Å². The Morgan fingerprint density at radius 3 is 2.64 bits per heavy atom. The molecule has 33 heavy (non-hydrogen) atoms. The number of nitrogens with one attached hydrogen (secondary N) is 1. The summed E-state index contributed by atoms with van der Waals surface area (Å²) in [7, 11) is 1.40. The first kappa shape index (κ1) is 21.6. The molecule has 1 aliphatic carbocycles. The number of carbonyl (C=O) groups excluding carboxylic acids is 1. The van der Waals surface area contributed by atoms with Gasteiger partial charge in [0.1, 0.15) is 22.7 Å². The van der Waals surface area contributed by atoms with Gasteiger partial charge in [-0.3, -0.25) is 9.20 Å². The van der Waals surface area contributed by atoms with Crippen molar-refractivity contribution in [3.8, 4) is 22.8 Å². The normalized spacial score (nSPS) is 16.8. The second-order valence-corrected chi connectivity index (χ2v) is 8.40. The number of methoxy groups -OCH3 is 1. The highest BCUT2D eigenvalue weighted by Crippen LogP contribution is 2.37. The van der Waals surface area contributed by atoms with Gasteiger partial charge in [0.2, 0.25) is 0 Å². The number of benzene rings is 1. The smallest absolute Gasteiger partial charge is 0.387 e. The standard InChI is InChI=1S/C24H25F2N3O4/c1-31-19-10-16(11-20(33-24(25)26)22(19)23(30)28-17-2-3-17)18-13-27-21-12-15(4-7-29(18)21)14-5-8-32-9-6-14/h4,7,10-14,17,24H,2-3,5-6,8-9H2,1H3,(H,28,30). The Morgan fingerprint density at radius 1 is 1.18 bits per heavy atom. The molecule has 1 saturated carbocycles. The molecule has 0 radical (unpaired) electrons. The Balaban J connectivity index is 1.54. The van der Waals surface area contributed by atoms with Crippen LogP contribution in [0.25, 0.3) is 16.9 Å². The Kier molecular flexibility index (Phi) is 5.88. The van der Waals surface area contributed by atoms with Crippen LogP contribution < -0.4 is 14.8 Å². The highest BCUT2D eigenvalue weighted by Gasteiger charge is 2.29. The number of ether oxygens (including phenoxy) is 3. The third-order valence-corrected chi connectivity index (χ3v) is 6.17. The van der Waals surface area contributed by atoms with E-state index in [9.17, 15) is 13.6 Å². The summed E-state index contributed by atoms with van der Waals surface area (Å²) in [6, 6.07) is 7.25. The molecule has 174 valence electrons. The van der Waals surface area contributed by atoms with Gasteiger partial charge in [-0.05, 0) is 61.4 Å². The maximum absolute atomic E-state index is 13.2. The molecular weight excluding hydrogens is 432 g/mol. The molecule has 9 heteroatoms. The molecule has 0 atom stereocenters. The summed E-state index contributed by atoms with van der Waals surface area (Å²) >= 11 is 0. The third-order valence-electron chi connectivity index (χ3n) is 6.17. The number of carbonyl (C=O) groups is 1. The van der Waals surface area contributed by atoms with E-state index in [4.69, 9.17) is 14.2 Å². The van der Waals surface area contributed by atoms with Crippen molar-refractivity contribution in [2.75, 3.05) is 20.3 Å². The number of fused-ring (bicyclic) bond motifs is 1. The maximum Gasteiger partial charge on any atom is 0.387 e. The monoisotopic (exact) mass is 457 g/mol. The van der Waals surface area contributed by atoms with E-state index in [1.165, 1.54) is 18.7 Å². The fraction of sp³-hybridized carbons (Fsp3) is 0.417. The molecule has 3 heterocycles. The van der Waals surface area contributed by atoms with Gasteiger partial charge in [-0.25, -0.2) is 4.98 Å². The lowest BCUT2D eigenvalue weighted by Gasteiger charge is -2.22. The number of halogens is 2. The largest absolute Gasteiger partial charge is 0.496 e. The zero-order valence-corrected chi connectivity index (χ0v) is 18.2.